The van der Waals surface area contributed by atoms with E-state index in [0.717, 1.165) is 5.56 Å². The number of esters is 1. The van der Waals surface area contributed by atoms with Crippen molar-refractivity contribution in [3.8, 4) is 0 Å². The predicted molar refractivity (Wildman–Crippen MR) is 140 cm³/mol. The second-order valence-electron chi connectivity index (χ2n) is 9.25. The lowest BCUT2D eigenvalue weighted by atomic mass is 10.1. The van der Waals surface area contributed by atoms with Crippen molar-refractivity contribution in [3.05, 3.63) is 71.8 Å². The maximum absolute atomic E-state index is 14.2. The molecule has 4 atom stereocenters. The summed E-state index contributed by atoms with van der Waals surface area (Å²) in [5.41, 5.74) is 1.27. The highest BCUT2D eigenvalue weighted by Crippen LogP contribution is 2.49. The van der Waals surface area contributed by atoms with Crippen LogP contribution in [-0.2, 0) is 34.6 Å². The number of amides is 2. The van der Waals surface area contributed by atoms with Crippen molar-refractivity contribution in [3.63, 3.8) is 0 Å². The molecule has 0 spiro atoms. The fraction of sp³-hybridized carbons (Fsp3) is 0.407. The maximum atomic E-state index is 14.2. The predicted octanol–water partition coefficient (Wildman–Crippen LogP) is 3.31. The molecule has 2 aromatic carbocycles. The highest BCUT2D eigenvalue weighted by atomic mass is 31.2. The van der Waals surface area contributed by atoms with Gasteiger partial charge in [0, 0.05) is 31.2 Å². The standard InChI is InChI=1S/C27H33N2O8P/c1-19(30)36-20(2)37-38(35,18-25(31)29-15-9-14-24(29)27(33)34)17-23(16-21-10-5-3-6-11-21)28-26(32)22-12-7-4-8-13-22/h3-8,10-13,20,23-24H,9,14-18H2,1-2H3,(H,28,32)(H,33,34)/t20-,23?,24-,38?/m0/s1. The van der Waals surface area contributed by atoms with Crippen molar-refractivity contribution < 1.29 is 38.1 Å². The lowest BCUT2D eigenvalue weighted by molar-refractivity contribution is -0.158. The summed E-state index contributed by atoms with van der Waals surface area (Å²) < 4.78 is 24.9. The van der Waals surface area contributed by atoms with Crippen LogP contribution in [0.15, 0.2) is 60.7 Å². The van der Waals surface area contributed by atoms with Crippen LogP contribution in [0.1, 0.15) is 42.6 Å². The van der Waals surface area contributed by atoms with Gasteiger partial charge in [-0.25, -0.2) is 4.79 Å². The number of nitrogens with one attached hydrogen (secondary N) is 1. The van der Waals surface area contributed by atoms with Crippen LogP contribution in [0.5, 0.6) is 0 Å². The Morgan fingerprint density at radius 3 is 2.32 bits per heavy atom. The van der Waals surface area contributed by atoms with Gasteiger partial charge in [0.2, 0.25) is 19.6 Å². The zero-order valence-corrected chi connectivity index (χ0v) is 22.3. The van der Waals surface area contributed by atoms with Gasteiger partial charge in [0.15, 0.2) is 0 Å². The number of carboxylic acid groups (broad SMARTS) is 1. The summed E-state index contributed by atoms with van der Waals surface area (Å²) in [6.07, 6.45) is -0.925. The van der Waals surface area contributed by atoms with Crippen LogP contribution in [-0.4, -0.2) is 71.0 Å². The number of hydrogen-bond donors (Lipinski definition) is 2. The lowest BCUT2D eigenvalue weighted by Crippen LogP contribution is -2.43. The van der Waals surface area contributed by atoms with Crippen LogP contribution >= 0.6 is 7.37 Å². The van der Waals surface area contributed by atoms with Gasteiger partial charge in [0.1, 0.15) is 12.2 Å². The van der Waals surface area contributed by atoms with Gasteiger partial charge in [-0.05, 0) is 43.9 Å². The molecule has 0 aliphatic carbocycles. The average molecular weight is 545 g/mol. The third-order valence-corrected chi connectivity index (χ3v) is 8.53. The maximum Gasteiger partial charge on any atom is 0.326 e. The normalized spacial score (nSPS) is 18.2. The van der Waals surface area contributed by atoms with Crippen molar-refractivity contribution >= 4 is 31.1 Å². The minimum Gasteiger partial charge on any atom is -0.480 e. The number of carbonyl (C=O) groups excluding carboxylic acids is 3. The van der Waals surface area contributed by atoms with Gasteiger partial charge in [0.25, 0.3) is 5.91 Å². The molecule has 1 aliphatic heterocycles. The van der Waals surface area contributed by atoms with Gasteiger partial charge in [-0.3, -0.25) is 23.5 Å². The number of aliphatic carboxylic acids is 1. The van der Waals surface area contributed by atoms with E-state index in [2.05, 4.69) is 5.32 Å². The molecule has 38 heavy (non-hydrogen) atoms. The first-order valence-corrected chi connectivity index (χ1v) is 14.4. The van der Waals surface area contributed by atoms with E-state index in [1.807, 2.05) is 30.3 Å². The molecule has 10 nitrogen and oxygen atoms in total. The Hall–Kier alpha value is -3.49. The van der Waals surface area contributed by atoms with Crippen LogP contribution in [0.2, 0.25) is 0 Å². The molecule has 1 fully saturated rings. The molecule has 2 amide bonds. The summed E-state index contributed by atoms with van der Waals surface area (Å²) >= 11 is 0. The van der Waals surface area contributed by atoms with Gasteiger partial charge in [-0.1, -0.05) is 48.5 Å². The fourth-order valence-electron chi connectivity index (χ4n) is 4.54. The molecule has 2 N–H and O–H groups in total. The third kappa shape index (κ3) is 8.53. The van der Waals surface area contributed by atoms with Crippen molar-refractivity contribution in [2.75, 3.05) is 18.9 Å². The summed E-state index contributed by atoms with van der Waals surface area (Å²) in [6, 6.07) is 16.1. The number of carbonyl (C=O) groups is 4. The molecule has 1 heterocycles. The third-order valence-electron chi connectivity index (χ3n) is 6.10. The highest BCUT2D eigenvalue weighted by molar-refractivity contribution is 7.60. The van der Waals surface area contributed by atoms with E-state index < -0.39 is 49.8 Å². The van der Waals surface area contributed by atoms with Crippen LogP contribution in [0.3, 0.4) is 0 Å². The van der Waals surface area contributed by atoms with Gasteiger partial charge in [-0.15, -0.1) is 0 Å². The number of ether oxygens (including phenoxy) is 1. The van der Waals surface area contributed by atoms with E-state index in [0.29, 0.717) is 24.8 Å². The van der Waals surface area contributed by atoms with Crippen molar-refractivity contribution in [1.82, 2.24) is 10.2 Å². The molecule has 1 saturated heterocycles. The first-order chi connectivity index (χ1) is 18.1. The van der Waals surface area contributed by atoms with Crippen molar-refractivity contribution in [2.45, 2.75) is 51.5 Å². The van der Waals surface area contributed by atoms with Crippen molar-refractivity contribution in [2.24, 2.45) is 0 Å². The quantitative estimate of drug-likeness (QED) is 0.236. The summed E-state index contributed by atoms with van der Waals surface area (Å²) in [4.78, 5) is 50.5. The van der Waals surface area contributed by atoms with Crippen LogP contribution < -0.4 is 5.32 Å². The Bertz CT molecular complexity index is 1170. The Morgan fingerprint density at radius 2 is 1.71 bits per heavy atom. The Balaban J connectivity index is 1.87. The summed E-state index contributed by atoms with van der Waals surface area (Å²) in [5, 5.41) is 12.4. The number of likely N-dealkylation sites (tertiary alicyclic amines) is 1. The first-order valence-electron chi connectivity index (χ1n) is 12.4. The van der Waals surface area contributed by atoms with Crippen LogP contribution in [0, 0.1) is 0 Å². The first kappa shape index (κ1) is 29.1. The monoisotopic (exact) mass is 544 g/mol. The van der Waals surface area contributed by atoms with E-state index in [-0.39, 0.29) is 18.6 Å². The Labute approximate surface area is 221 Å². The second-order valence-corrected chi connectivity index (χ2v) is 11.8. The van der Waals surface area contributed by atoms with Gasteiger partial charge < -0.3 is 20.1 Å². The van der Waals surface area contributed by atoms with Crippen LogP contribution in [0.4, 0.5) is 0 Å². The van der Waals surface area contributed by atoms with Crippen LogP contribution in [0.25, 0.3) is 0 Å². The Kier molecular flexibility index (Phi) is 10.2. The summed E-state index contributed by atoms with van der Waals surface area (Å²) in [5.74, 6) is -2.79. The number of rotatable bonds is 12. The fourth-order valence-corrected chi connectivity index (χ4v) is 6.90. The summed E-state index contributed by atoms with van der Waals surface area (Å²) in [6.45, 7) is 2.80. The summed E-state index contributed by atoms with van der Waals surface area (Å²) in [7, 11) is -3.91. The minimum atomic E-state index is -3.91. The largest absolute Gasteiger partial charge is 0.480 e. The number of carboxylic acids is 1. The molecule has 2 aromatic rings. The SMILES string of the molecule is CC(=O)O[C@H](C)OP(=O)(CC(=O)N1CCC[C@H]1C(=O)O)CC(Cc1ccccc1)NC(=O)c1ccccc1. The topological polar surface area (TPSA) is 139 Å². The molecule has 0 saturated carbocycles. The second kappa shape index (κ2) is 13.3. The zero-order valence-electron chi connectivity index (χ0n) is 21.4. The lowest BCUT2D eigenvalue weighted by Gasteiger charge is -2.29. The molecule has 3 rings (SSSR count). The van der Waals surface area contributed by atoms with Gasteiger partial charge in [-0.2, -0.15) is 0 Å². The Morgan fingerprint density at radius 1 is 1.08 bits per heavy atom. The smallest absolute Gasteiger partial charge is 0.326 e. The van der Waals surface area contributed by atoms with Crippen molar-refractivity contribution in [1.29, 1.82) is 0 Å². The molecule has 0 aromatic heterocycles. The van der Waals surface area contributed by atoms with E-state index in [4.69, 9.17) is 9.26 Å². The molecular formula is C27H33N2O8P. The molecule has 0 radical (unpaired) electrons. The molecule has 1 aliphatic rings. The highest BCUT2D eigenvalue weighted by Gasteiger charge is 2.40. The molecule has 0 bridgehead atoms. The average Bonchev–Trinajstić information content (AvgIpc) is 3.35. The number of nitrogens with zero attached hydrogens (tertiary/aromatic N) is 1. The minimum absolute atomic E-state index is 0.230. The molecule has 204 valence electrons. The molecule has 2 unspecified atom stereocenters. The van der Waals surface area contributed by atoms with E-state index in [9.17, 15) is 28.8 Å². The number of hydrogen-bond acceptors (Lipinski definition) is 7. The zero-order chi connectivity index (χ0) is 27.7. The van der Waals surface area contributed by atoms with E-state index in [1.54, 1.807) is 30.3 Å². The van der Waals surface area contributed by atoms with Gasteiger partial charge >= 0.3 is 11.9 Å². The molecule has 11 heteroatoms. The van der Waals surface area contributed by atoms with E-state index in [1.165, 1.54) is 18.7 Å². The van der Waals surface area contributed by atoms with Gasteiger partial charge in [0.05, 0.1) is 0 Å². The number of benzene rings is 2. The van der Waals surface area contributed by atoms with E-state index >= 15 is 0 Å². The molecular weight excluding hydrogens is 511 g/mol.